The van der Waals surface area contributed by atoms with Gasteiger partial charge in [-0.25, -0.2) is 0 Å². The first-order valence-electron chi connectivity index (χ1n) is 5.17. The number of nitrogens with one attached hydrogen (secondary N) is 1. The Kier molecular flexibility index (Phi) is 4.77. The normalized spacial score (nSPS) is 9.76. The number of carbonyl (C=O) groups is 1. The molecule has 1 aromatic heterocycles. The number of carbonyl (C=O) groups excluding carboxylic acids is 1. The van der Waals surface area contributed by atoms with Gasteiger partial charge in [-0.15, -0.1) is 5.10 Å². The third kappa shape index (κ3) is 3.35. The molecule has 0 radical (unpaired) electrons. The molecule has 0 unspecified atom stereocenters. The van der Waals surface area contributed by atoms with Gasteiger partial charge in [-0.2, -0.15) is 5.10 Å². The van der Waals surface area contributed by atoms with Crippen LogP contribution in [0.25, 0.3) is 0 Å². The number of thiocarbonyl (C=S) groups is 1. The number of anilines is 1. The van der Waals surface area contributed by atoms with Gasteiger partial charge in [-0.05, 0) is 13.0 Å². The number of nitrogens with two attached hydrogens (primary N) is 1. The molecule has 17 heavy (non-hydrogen) atoms. The fourth-order valence-electron chi connectivity index (χ4n) is 1.34. The lowest BCUT2D eigenvalue weighted by molar-refractivity contribution is -0.119. The van der Waals surface area contributed by atoms with Crippen LogP contribution in [-0.2, 0) is 4.79 Å². The van der Waals surface area contributed by atoms with Crippen LogP contribution in [0, 0.1) is 0 Å². The monoisotopic (exact) mass is 253 g/mol. The van der Waals surface area contributed by atoms with Crippen molar-refractivity contribution in [2.45, 2.75) is 6.92 Å². The van der Waals surface area contributed by atoms with Crippen molar-refractivity contribution in [1.29, 1.82) is 0 Å². The minimum Gasteiger partial charge on any atom is -0.389 e. The molecule has 6 nitrogen and oxygen atoms in total. The summed E-state index contributed by atoms with van der Waals surface area (Å²) in [5.74, 6) is 0.428. The maximum absolute atomic E-state index is 11.4. The molecule has 1 rings (SSSR count). The van der Waals surface area contributed by atoms with E-state index >= 15 is 0 Å². The lowest BCUT2D eigenvalue weighted by Gasteiger charge is -2.22. The average molecular weight is 253 g/mol. The first-order valence-corrected chi connectivity index (χ1v) is 5.58. The second-order valence-corrected chi connectivity index (χ2v) is 3.76. The number of nitrogens with zero attached hydrogens (tertiary/aromatic N) is 3. The molecule has 0 fully saturated rings. The number of rotatable bonds is 5. The molecule has 0 aliphatic carbocycles. The smallest absolute Gasteiger partial charge is 0.239 e. The van der Waals surface area contributed by atoms with Gasteiger partial charge in [-0.1, -0.05) is 12.2 Å². The number of hydrogen-bond acceptors (Lipinski definition) is 5. The van der Waals surface area contributed by atoms with E-state index in [-0.39, 0.29) is 17.4 Å². The van der Waals surface area contributed by atoms with Gasteiger partial charge in [0.25, 0.3) is 0 Å². The molecule has 0 atom stereocenters. The van der Waals surface area contributed by atoms with Crippen molar-refractivity contribution in [3.63, 3.8) is 0 Å². The number of hydrogen-bond donors (Lipinski definition) is 2. The van der Waals surface area contributed by atoms with Gasteiger partial charge in [0.1, 0.15) is 4.99 Å². The number of amides is 1. The lowest BCUT2D eigenvalue weighted by atomic mass is 10.2. The zero-order valence-corrected chi connectivity index (χ0v) is 10.6. The van der Waals surface area contributed by atoms with Gasteiger partial charge in [-0.3, -0.25) is 4.79 Å². The highest BCUT2D eigenvalue weighted by atomic mass is 32.1. The summed E-state index contributed by atoms with van der Waals surface area (Å²) < 4.78 is 0. The zero-order valence-electron chi connectivity index (χ0n) is 9.80. The van der Waals surface area contributed by atoms with E-state index in [1.807, 2.05) is 6.92 Å². The summed E-state index contributed by atoms with van der Waals surface area (Å²) in [6, 6.07) is 1.69. The highest BCUT2D eigenvalue weighted by Crippen LogP contribution is 2.15. The van der Waals surface area contributed by atoms with Crippen molar-refractivity contribution in [3.05, 3.63) is 17.8 Å². The summed E-state index contributed by atoms with van der Waals surface area (Å²) in [5, 5.41) is 10.3. The highest BCUT2D eigenvalue weighted by molar-refractivity contribution is 7.80. The van der Waals surface area contributed by atoms with E-state index in [2.05, 4.69) is 15.5 Å². The van der Waals surface area contributed by atoms with Crippen LogP contribution in [0.4, 0.5) is 5.82 Å². The predicted molar refractivity (Wildman–Crippen MR) is 69.9 cm³/mol. The van der Waals surface area contributed by atoms with Crippen molar-refractivity contribution in [3.8, 4) is 0 Å². The van der Waals surface area contributed by atoms with Gasteiger partial charge in [0.05, 0.1) is 18.3 Å². The molecule has 1 amide bonds. The second-order valence-electron chi connectivity index (χ2n) is 3.32. The van der Waals surface area contributed by atoms with Crippen molar-refractivity contribution < 1.29 is 4.79 Å². The van der Waals surface area contributed by atoms with Gasteiger partial charge in [0, 0.05) is 13.6 Å². The van der Waals surface area contributed by atoms with E-state index in [1.54, 1.807) is 18.0 Å². The maximum Gasteiger partial charge on any atom is 0.239 e. The van der Waals surface area contributed by atoms with Crippen LogP contribution in [0.3, 0.4) is 0 Å². The SMILES string of the molecule is CCN(CC(=O)NC)c1nnccc1C(N)=S. The first kappa shape index (κ1) is 13.3. The molecule has 0 saturated heterocycles. The zero-order chi connectivity index (χ0) is 12.8. The minimum absolute atomic E-state index is 0.105. The molecular formula is C10H15N5OS. The van der Waals surface area contributed by atoms with Crippen LogP contribution in [0.2, 0.25) is 0 Å². The van der Waals surface area contributed by atoms with Crippen LogP contribution < -0.4 is 16.0 Å². The quantitative estimate of drug-likeness (QED) is 0.700. The Balaban J connectivity index is 3.03. The molecule has 92 valence electrons. The topological polar surface area (TPSA) is 84.1 Å². The molecule has 1 heterocycles. The van der Waals surface area contributed by atoms with E-state index in [0.717, 1.165) is 0 Å². The van der Waals surface area contributed by atoms with Crippen molar-refractivity contribution >= 4 is 28.9 Å². The average Bonchev–Trinajstić information content (AvgIpc) is 2.35. The molecule has 0 aromatic carbocycles. The third-order valence-electron chi connectivity index (χ3n) is 2.26. The van der Waals surface area contributed by atoms with E-state index in [1.165, 1.54) is 6.20 Å². The molecule has 1 aromatic rings. The van der Waals surface area contributed by atoms with Gasteiger partial charge >= 0.3 is 0 Å². The summed E-state index contributed by atoms with van der Waals surface area (Å²) >= 11 is 4.94. The predicted octanol–water partition coefficient (Wildman–Crippen LogP) is -0.317. The largest absolute Gasteiger partial charge is 0.389 e. The Bertz CT molecular complexity index is 423. The summed E-state index contributed by atoms with van der Waals surface area (Å²) in [6.07, 6.45) is 1.52. The van der Waals surface area contributed by atoms with Crippen LogP contribution >= 0.6 is 12.2 Å². The van der Waals surface area contributed by atoms with Crippen LogP contribution in [0.5, 0.6) is 0 Å². The lowest BCUT2D eigenvalue weighted by Crippen LogP contribution is -2.37. The fraction of sp³-hybridized carbons (Fsp3) is 0.400. The molecule has 3 N–H and O–H groups in total. The van der Waals surface area contributed by atoms with Crippen LogP contribution in [0.1, 0.15) is 12.5 Å². The van der Waals surface area contributed by atoms with Gasteiger partial charge in [0.2, 0.25) is 5.91 Å². The van der Waals surface area contributed by atoms with Crippen LogP contribution in [0.15, 0.2) is 12.3 Å². The molecule has 0 saturated carbocycles. The van der Waals surface area contributed by atoms with Crippen molar-refractivity contribution in [2.75, 3.05) is 25.0 Å². The fourth-order valence-corrected chi connectivity index (χ4v) is 1.50. The standard InChI is InChI=1S/C10H15N5OS/c1-3-15(6-8(16)12-2)10-7(9(11)17)4-5-13-14-10/h4-5H,3,6H2,1-2H3,(H2,11,17)(H,12,16). The summed E-state index contributed by atoms with van der Waals surface area (Å²) in [4.78, 5) is 13.4. The van der Waals surface area contributed by atoms with E-state index in [0.29, 0.717) is 17.9 Å². The Morgan fingerprint density at radius 2 is 2.35 bits per heavy atom. The van der Waals surface area contributed by atoms with Gasteiger partial charge < -0.3 is 16.0 Å². The van der Waals surface area contributed by atoms with Crippen LogP contribution in [-0.4, -0.2) is 41.2 Å². The van der Waals surface area contributed by atoms with E-state index in [4.69, 9.17) is 18.0 Å². The van der Waals surface area contributed by atoms with Crippen molar-refractivity contribution in [2.24, 2.45) is 5.73 Å². The van der Waals surface area contributed by atoms with Gasteiger partial charge in [0.15, 0.2) is 5.82 Å². The maximum atomic E-state index is 11.4. The Morgan fingerprint density at radius 1 is 1.65 bits per heavy atom. The minimum atomic E-state index is -0.105. The Morgan fingerprint density at radius 3 is 2.88 bits per heavy atom. The summed E-state index contributed by atoms with van der Waals surface area (Å²) in [6.45, 7) is 2.73. The highest BCUT2D eigenvalue weighted by Gasteiger charge is 2.15. The van der Waals surface area contributed by atoms with E-state index in [9.17, 15) is 4.79 Å². The Hall–Kier alpha value is -1.76. The third-order valence-corrected chi connectivity index (χ3v) is 2.48. The van der Waals surface area contributed by atoms with E-state index < -0.39 is 0 Å². The first-order chi connectivity index (χ1) is 8.10. The molecule has 0 spiro atoms. The molecule has 0 aliphatic rings. The molecule has 0 aliphatic heterocycles. The summed E-state index contributed by atoms with van der Waals surface area (Å²) in [5.41, 5.74) is 6.23. The molecular weight excluding hydrogens is 238 g/mol. The molecule has 0 bridgehead atoms. The van der Waals surface area contributed by atoms with Crippen molar-refractivity contribution in [1.82, 2.24) is 15.5 Å². The second kappa shape index (κ2) is 6.09. The Labute approximate surface area is 105 Å². The number of likely N-dealkylation sites (N-methyl/N-ethyl adjacent to an activating group) is 2. The molecule has 7 heteroatoms. The summed E-state index contributed by atoms with van der Waals surface area (Å²) in [7, 11) is 1.58. The number of aromatic nitrogens is 2.